The van der Waals surface area contributed by atoms with Crippen LogP contribution >= 0.6 is 23.3 Å². The Morgan fingerprint density at radius 3 is 2.76 bits per heavy atom. The van der Waals surface area contributed by atoms with E-state index in [2.05, 4.69) is 22.5 Å². The molecule has 0 saturated carbocycles. The summed E-state index contributed by atoms with van der Waals surface area (Å²) in [7, 11) is 0. The molecule has 5 heteroatoms. The molecule has 1 fully saturated rings. The van der Waals surface area contributed by atoms with Crippen LogP contribution < -0.4 is 10.6 Å². The number of anilines is 2. The molecule has 3 nitrogen and oxygen atoms in total. The Labute approximate surface area is 112 Å². The highest BCUT2D eigenvalue weighted by Gasteiger charge is 2.23. The van der Waals surface area contributed by atoms with Crippen molar-refractivity contribution in [1.82, 2.24) is 4.37 Å². The first-order valence-corrected chi connectivity index (χ1v) is 8.30. The lowest BCUT2D eigenvalue weighted by molar-refractivity contribution is 0.379. The van der Waals surface area contributed by atoms with Gasteiger partial charge in [-0.1, -0.05) is 19.8 Å². The van der Waals surface area contributed by atoms with E-state index in [4.69, 9.17) is 5.73 Å². The third-order valence-corrected chi connectivity index (χ3v) is 5.32. The summed E-state index contributed by atoms with van der Waals surface area (Å²) in [5, 5.41) is 1.28. The molecule has 1 aromatic heterocycles. The van der Waals surface area contributed by atoms with Crippen LogP contribution in [-0.4, -0.2) is 23.7 Å². The van der Waals surface area contributed by atoms with Gasteiger partial charge in [-0.2, -0.15) is 4.37 Å². The van der Waals surface area contributed by atoms with Gasteiger partial charge in [-0.25, -0.2) is 0 Å². The van der Waals surface area contributed by atoms with Crippen molar-refractivity contribution in [3.8, 4) is 0 Å². The number of hydrogen-bond acceptors (Lipinski definition) is 5. The van der Waals surface area contributed by atoms with Crippen molar-refractivity contribution < 1.29 is 0 Å². The Bertz CT molecular complexity index is 357. The summed E-state index contributed by atoms with van der Waals surface area (Å²) in [5.74, 6) is 1.63. The van der Waals surface area contributed by atoms with E-state index in [1.54, 1.807) is 23.3 Å². The van der Waals surface area contributed by atoms with Crippen molar-refractivity contribution >= 4 is 34.1 Å². The van der Waals surface area contributed by atoms with E-state index in [0.29, 0.717) is 5.82 Å². The van der Waals surface area contributed by atoms with Crippen LogP contribution in [0.5, 0.6) is 0 Å². The molecule has 1 aromatic rings. The molecule has 96 valence electrons. The van der Waals surface area contributed by atoms with Gasteiger partial charge in [0.05, 0.1) is 4.90 Å². The summed E-state index contributed by atoms with van der Waals surface area (Å²) in [6.07, 6.45) is 7.41. The van der Waals surface area contributed by atoms with Gasteiger partial charge in [0.1, 0.15) is 5.00 Å². The van der Waals surface area contributed by atoms with Crippen LogP contribution in [0.4, 0.5) is 10.8 Å². The second-order valence-corrected chi connectivity index (χ2v) is 6.19. The summed E-state index contributed by atoms with van der Waals surface area (Å²) >= 11 is 3.27. The van der Waals surface area contributed by atoms with Crippen LogP contribution in [0.3, 0.4) is 0 Å². The molecule has 1 aliphatic rings. The van der Waals surface area contributed by atoms with Crippen LogP contribution in [0.25, 0.3) is 0 Å². The topological polar surface area (TPSA) is 42.2 Å². The van der Waals surface area contributed by atoms with Crippen molar-refractivity contribution in [2.24, 2.45) is 5.92 Å². The molecule has 2 heterocycles. The number of nitrogens with zero attached hydrogens (tertiary/aromatic N) is 2. The maximum absolute atomic E-state index is 5.89. The minimum Gasteiger partial charge on any atom is -0.382 e. The van der Waals surface area contributed by atoms with E-state index >= 15 is 0 Å². The van der Waals surface area contributed by atoms with Crippen molar-refractivity contribution in [3.63, 3.8) is 0 Å². The van der Waals surface area contributed by atoms with Crippen molar-refractivity contribution in [2.45, 2.75) is 37.5 Å². The van der Waals surface area contributed by atoms with E-state index in [1.165, 1.54) is 48.7 Å². The Kier molecular flexibility index (Phi) is 4.56. The Balaban J connectivity index is 2.00. The maximum atomic E-state index is 5.89. The first-order valence-electron chi connectivity index (χ1n) is 6.30. The Morgan fingerprint density at radius 2 is 2.18 bits per heavy atom. The van der Waals surface area contributed by atoms with Crippen LogP contribution in [0.1, 0.15) is 32.6 Å². The number of rotatable bonds is 4. The number of piperidine rings is 1. The van der Waals surface area contributed by atoms with E-state index < -0.39 is 0 Å². The molecule has 0 spiro atoms. The van der Waals surface area contributed by atoms with Crippen LogP contribution in [0.15, 0.2) is 4.90 Å². The van der Waals surface area contributed by atoms with Gasteiger partial charge in [-0.15, -0.1) is 11.8 Å². The second-order valence-electron chi connectivity index (χ2n) is 4.63. The number of thioether (sulfide) groups is 1. The molecule has 1 aliphatic heterocycles. The average Bonchev–Trinajstić information content (AvgIpc) is 2.72. The first kappa shape index (κ1) is 13.0. The van der Waals surface area contributed by atoms with Crippen LogP contribution in [0, 0.1) is 5.92 Å². The molecule has 0 amide bonds. The lowest BCUT2D eigenvalue weighted by atomic mass is 9.93. The molecule has 2 rings (SSSR count). The highest BCUT2D eigenvalue weighted by molar-refractivity contribution is 7.99. The van der Waals surface area contributed by atoms with E-state index in [9.17, 15) is 0 Å². The van der Waals surface area contributed by atoms with Gasteiger partial charge in [0, 0.05) is 13.1 Å². The predicted molar refractivity (Wildman–Crippen MR) is 78.2 cm³/mol. The second kappa shape index (κ2) is 5.96. The standard InChI is InChI=1S/C12H21N3S2/c1-3-4-9-5-7-15(8-6-9)12-10(16-2)11(13)14-17-12/h9H,3-8H2,1-2H3,(H2,13,14). The summed E-state index contributed by atoms with van der Waals surface area (Å²) in [6, 6.07) is 0. The molecule has 0 bridgehead atoms. The van der Waals surface area contributed by atoms with Gasteiger partial charge in [-0.3, -0.25) is 0 Å². The third-order valence-electron chi connectivity index (χ3n) is 3.46. The summed E-state index contributed by atoms with van der Waals surface area (Å²) in [5.41, 5.74) is 5.89. The zero-order valence-corrected chi connectivity index (χ0v) is 12.2. The molecule has 0 unspecified atom stereocenters. The summed E-state index contributed by atoms with van der Waals surface area (Å²) < 4.78 is 4.27. The zero-order valence-electron chi connectivity index (χ0n) is 10.6. The normalized spacial score (nSPS) is 17.6. The molecule has 1 saturated heterocycles. The number of nitrogen functional groups attached to an aromatic ring is 1. The zero-order chi connectivity index (χ0) is 12.3. The van der Waals surface area contributed by atoms with Gasteiger partial charge in [-0.05, 0) is 36.5 Å². The van der Waals surface area contributed by atoms with Crippen molar-refractivity contribution in [3.05, 3.63) is 0 Å². The quantitative estimate of drug-likeness (QED) is 0.852. The molecule has 17 heavy (non-hydrogen) atoms. The molecular weight excluding hydrogens is 250 g/mol. The highest BCUT2D eigenvalue weighted by Crippen LogP contribution is 2.39. The minimum absolute atomic E-state index is 0.702. The number of nitrogens with two attached hydrogens (primary N) is 1. The Morgan fingerprint density at radius 1 is 1.47 bits per heavy atom. The van der Waals surface area contributed by atoms with Crippen molar-refractivity contribution in [1.29, 1.82) is 0 Å². The molecule has 0 aliphatic carbocycles. The summed E-state index contributed by atoms with van der Waals surface area (Å²) in [6.45, 7) is 4.61. The number of aromatic nitrogens is 1. The minimum atomic E-state index is 0.702. The lowest BCUT2D eigenvalue weighted by Gasteiger charge is -2.32. The SMILES string of the molecule is CCCC1CCN(c2snc(N)c2SC)CC1. The fourth-order valence-corrected chi connectivity index (χ4v) is 4.25. The van der Waals surface area contributed by atoms with Crippen LogP contribution in [0.2, 0.25) is 0 Å². The Hall–Kier alpha value is -0.420. The number of hydrogen-bond donors (Lipinski definition) is 1. The smallest absolute Gasteiger partial charge is 0.153 e. The van der Waals surface area contributed by atoms with E-state index in [1.807, 2.05) is 0 Å². The monoisotopic (exact) mass is 271 g/mol. The molecule has 0 atom stereocenters. The first-order chi connectivity index (χ1) is 8.26. The molecule has 2 N–H and O–H groups in total. The fraction of sp³-hybridized carbons (Fsp3) is 0.750. The summed E-state index contributed by atoms with van der Waals surface area (Å²) in [4.78, 5) is 3.63. The molecular formula is C12H21N3S2. The highest BCUT2D eigenvalue weighted by atomic mass is 32.2. The van der Waals surface area contributed by atoms with Gasteiger partial charge < -0.3 is 10.6 Å². The lowest BCUT2D eigenvalue weighted by Crippen LogP contribution is -2.33. The van der Waals surface area contributed by atoms with E-state index in [-0.39, 0.29) is 0 Å². The average molecular weight is 271 g/mol. The van der Waals surface area contributed by atoms with Gasteiger partial charge in [0.15, 0.2) is 5.82 Å². The fourth-order valence-electron chi connectivity index (χ4n) is 2.51. The third kappa shape index (κ3) is 2.88. The predicted octanol–water partition coefficient (Wildman–Crippen LogP) is 3.46. The van der Waals surface area contributed by atoms with Gasteiger partial charge >= 0.3 is 0 Å². The van der Waals surface area contributed by atoms with E-state index in [0.717, 1.165) is 5.92 Å². The van der Waals surface area contributed by atoms with Gasteiger partial charge in [0.2, 0.25) is 0 Å². The van der Waals surface area contributed by atoms with Crippen LogP contribution in [-0.2, 0) is 0 Å². The van der Waals surface area contributed by atoms with Crippen molar-refractivity contribution in [2.75, 3.05) is 30.0 Å². The van der Waals surface area contributed by atoms with Gasteiger partial charge in [0.25, 0.3) is 0 Å². The molecule has 0 aromatic carbocycles. The largest absolute Gasteiger partial charge is 0.382 e. The maximum Gasteiger partial charge on any atom is 0.153 e. The molecule has 0 radical (unpaired) electrons.